The highest BCUT2D eigenvalue weighted by Gasteiger charge is 2.29. The summed E-state index contributed by atoms with van der Waals surface area (Å²) < 4.78 is 31.8. The van der Waals surface area contributed by atoms with Crippen molar-refractivity contribution in [3.05, 3.63) is 29.8 Å². The van der Waals surface area contributed by atoms with Crippen LogP contribution in [0.15, 0.2) is 34.7 Å². The molecule has 19 heavy (non-hydrogen) atoms. The van der Waals surface area contributed by atoms with Gasteiger partial charge in [0.2, 0.25) is 10.0 Å². The molecule has 0 amide bonds. The van der Waals surface area contributed by atoms with Crippen LogP contribution in [-0.4, -0.2) is 32.9 Å². The molecule has 0 radical (unpaired) electrons. The van der Waals surface area contributed by atoms with E-state index < -0.39 is 10.0 Å². The molecule has 0 unspecified atom stereocenters. The number of anilines is 1. The molecule has 1 aliphatic rings. The largest absolute Gasteiger partial charge is 0.495 e. The van der Waals surface area contributed by atoms with Gasteiger partial charge in [-0.1, -0.05) is 11.6 Å². The van der Waals surface area contributed by atoms with E-state index in [1.54, 1.807) is 12.1 Å². The van der Waals surface area contributed by atoms with Gasteiger partial charge in [-0.2, -0.15) is 4.31 Å². The molecule has 2 N–H and O–H groups in total. The quantitative estimate of drug-likeness (QED) is 0.675. The average molecular weight is 282 g/mol. The number of sulfonamides is 1. The van der Waals surface area contributed by atoms with Gasteiger partial charge < -0.3 is 10.5 Å². The first-order chi connectivity index (χ1) is 8.95. The van der Waals surface area contributed by atoms with Gasteiger partial charge in [0.15, 0.2) is 0 Å². The number of ether oxygens (including phenoxy) is 1. The van der Waals surface area contributed by atoms with E-state index in [2.05, 4.69) is 6.08 Å². The predicted octanol–water partition coefficient (Wildman–Crippen LogP) is 1.62. The highest BCUT2D eigenvalue weighted by atomic mass is 32.2. The van der Waals surface area contributed by atoms with Crippen molar-refractivity contribution in [2.24, 2.45) is 0 Å². The van der Waals surface area contributed by atoms with Gasteiger partial charge in [-0.05, 0) is 31.5 Å². The minimum atomic E-state index is -3.57. The van der Waals surface area contributed by atoms with Crippen LogP contribution in [0.4, 0.5) is 5.69 Å². The molecule has 0 spiro atoms. The number of nitrogens with zero attached hydrogens (tertiary/aromatic N) is 1. The molecule has 0 fully saturated rings. The number of nitrogens with two attached hydrogens (primary N) is 1. The summed E-state index contributed by atoms with van der Waals surface area (Å²) in [5.74, 6) is 0.321. The molecule has 104 valence electrons. The fraction of sp³-hybridized carbons (Fsp3) is 0.385. The maximum atomic E-state index is 12.6. The van der Waals surface area contributed by atoms with Gasteiger partial charge in [-0.15, -0.1) is 0 Å². The molecule has 0 saturated heterocycles. The van der Waals surface area contributed by atoms with Gasteiger partial charge in [-0.3, -0.25) is 0 Å². The SMILES string of the molecule is COc1ccc(N)cc1S(=O)(=O)N1CCC=C(C)C1. The first-order valence-electron chi connectivity index (χ1n) is 6.04. The van der Waals surface area contributed by atoms with E-state index in [1.807, 2.05) is 6.92 Å². The fourth-order valence-corrected chi connectivity index (χ4v) is 3.80. The Kier molecular flexibility index (Phi) is 3.82. The molecule has 6 heteroatoms. The molecule has 2 rings (SSSR count). The van der Waals surface area contributed by atoms with E-state index in [0.29, 0.717) is 24.5 Å². The number of methoxy groups -OCH3 is 1. The topological polar surface area (TPSA) is 72.6 Å². The van der Waals surface area contributed by atoms with Gasteiger partial charge in [0, 0.05) is 18.8 Å². The van der Waals surface area contributed by atoms with Crippen LogP contribution in [0.25, 0.3) is 0 Å². The van der Waals surface area contributed by atoms with E-state index >= 15 is 0 Å². The van der Waals surface area contributed by atoms with Gasteiger partial charge in [0.05, 0.1) is 7.11 Å². The highest BCUT2D eigenvalue weighted by Crippen LogP contribution is 2.30. The zero-order valence-corrected chi connectivity index (χ0v) is 11.9. The first kappa shape index (κ1) is 13.9. The van der Waals surface area contributed by atoms with Crippen LogP contribution in [0.1, 0.15) is 13.3 Å². The molecule has 1 heterocycles. The molecule has 5 nitrogen and oxygen atoms in total. The van der Waals surface area contributed by atoms with Gasteiger partial charge in [0.1, 0.15) is 10.6 Å². The Morgan fingerprint density at radius 1 is 1.37 bits per heavy atom. The van der Waals surface area contributed by atoms with Crippen molar-refractivity contribution in [3.63, 3.8) is 0 Å². The Balaban J connectivity index is 2.45. The number of hydrogen-bond acceptors (Lipinski definition) is 4. The van der Waals surface area contributed by atoms with Crippen molar-refractivity contribution in [2.75, 3.05) is 25.9 Å². The summed E-state index contributed by atoms with van der Waals surface area (Å²) in [5.41, 5.74) is 7.15. The molecular weight excluding hydrogens is 264 g/mol. The predicted molar refractivity (Wildman–Crippen MR) is 74.5 cm³/mol. The van der Waals surface area contributed by atoms with Crippen molar-refractivity contribution >= 4 is 15.7 Å². The maximum Gasteiger partial charge on any atom is 0.247 e. The Labute approximate surface area is 113 Å². The molecule has 0 aromatic heterocycles. The Morgan fingerprint density at radius 3 is 2.74 bits per heavy atom. The summed E-state index contributed by atoms with van der Waals surface area (Å²) in [6.45, 7) is 2.83. The van der Waals surface area contributed by atoms with Crippen LogP contribution in [-0.2, 0) is 10.0 Å². The van der Waals surface area contributed by atoms with Crippen molar-refractivity contribution in [3.8, 4) is 5.75 Å². The lowest BCUT2D eigenvalue weighted by Gasteiger charge is -2.26. The molecule has 0 atom stereocenters. The van der Waals surface area contributed by atoms with Crippen LogP contribution in [0, 0.1) is 0 Å². The summed E-state index contributed by atoms with van der Waals surface area (Å²) in [4.78, 5) is 0.129. The third-order valence-corrected chi connectivity index (χ3v) is 4.97. The maximum absolute atomic E-state index is 12.6. The minimum absolute atomic E-state index is 0.129. The van der Waals surface area contributed by atoms with E-state index in [0.717, 1.165) is 12.0 Å². The van der Waals surface area contributed by atoms with Crippen LogP contribution in [0.2, 0.25) is 0 Å². The highest BCUT2D eigenvalue weighted by molar-refractivity contribution is 7.89. The summed E-state index contributed by atoms with van der Waals surface area (Å²) in [5, 5.41) is 0. The smallest absolute Gasteiger partial charge is 0.247 e. The lowest BCUT2D eigenvalue weighted by atomic mass is 10.2. The van der Waals surface area contributed by atoms with Crippen LogP contribution in [0.5, 0.6) is 5.75 Å². The first-order valence-corrected chi connectivity index (χ1v) is 7.48. The van der Waals surface area contributed by atoms with E-state index in [9.17, 15) is 8.42 Å². The minimum Gasteiger partial charge on any atom is -0.495 e. The normalized spacial score (nSPS) is 17.1. The lowest BCUT2D eigenvalue weighted by Crippen LogP contribution is -2.35. The van der Waals surface area contributed by atoms with Gasteiger partial charge in [-0.25, -0.2) is 8.42 Å². The zero-order valence-electron chi connectivity index (χ0n) is 11.1. The number of benzene rings is 1. The second-order valence-corrected chi connectivity index (χ2v) is 6.49. The summed E-state index contributed by atoms with van der Waals surface area (Å²) in [6, 6.07) is 4.65. The summed E-state index contributed by atoms with van der Waals surface area (Å²) >= 11 is 0. The van der Waals surface area contributed by atoms with Crippen molar-refractivity contribution in [2.45, 2.75) is 18.2 Å². The molecule has 0 saturated carbocycles. The molecule has 1 aromatic rings. The molecule has 1 aliphatic heterocycles. The zero-order chi connectivity index (χ0) is 14.0. The van der Waals surface area contributed by atoms with E-state index in [1.165, 1.54) is 17.5 Å². The van der Waals surface area contributed by atoms with E-state index in [4.69, 9.17) is 10.5 Å². The molecular formula is C13H18N2O3S. The Morgan fingerprint density at radius 2 is 2.11 bits per heavy atom. The lowest BCUT2D eigenvalue weighted by molar-refractivity contribution is 0.393. The Bertz CT molecular complexity index is 608. The fourth-order valence-electron chi connectivity index (χ4n) is 2.12. The summed E-state index contributed by atoms with van der Waals surface area (Å²) in [7, 11) is -2.12. The van der Waals surface area contributed by atoms with Crippen LogP contribution < -0.4 is 10.5 Å². The van der Waals surface area contributed by atoms with Crippen LogP contribution >= 0.6 is 0 Å². The third kappa shape index (κ3) is 2.74. The van der Waals surface area contributed by atoms with Crippen molar-refractivity contribution < 1.29 is 13.2 Å². The third-order valence-electron chi connectivity index (χ3n) is 3.10. The standard InChI is InChI=1S/C13H18N2O3S/c1-10-4-3-7-15(9-10)19(16,17)13-8-11(14)5-6-12(13)18-2/h4-6,8H,3,7,9,14H2,1-2H3. The summed E-state index contributed by atoms with van der Waals surface area (Å²) in [6.07, 6.45) is 2.79. The van der Waals surface area contributed by atoms with Crippen molar-refractivity contribution in [1.29, 1.82) is 0 Å². The number of rotatable bonds is 3. The van der Waals surface area contributed by atoms with Gasteiger partial charge in [0.25, 0.3) is 0 Å². The van der Waals surface area contributed by atoms with Gasteiger partial charge >= 0.3 is 0 Å². The second kappa shape index (κ2) is 5.22. The van der Waals surface area contributed by atoms with Crippen molar-refractivity contribution in [1.82, 2.24) is 4.31 Å². The molecule has 1 aromatic carbocycles. The monoisotopic (exact) mass is 282 g/mol. The second-order valence-electron chi connectivity index (χ2n) is 4.59. The number of hydrogen-bond donors (Lipinski definition) is 1. The van der Waals surface area contributed by atoms with E-state index in [-0.39, 0.29) is 4.90 Å². The number of nitrogen functional groups attached to an aromatic ring is 1. The average Bonchev–Trinajstić information content (AvgIpc) is 2.38. The molecule has 0 bridgehead atoms. The Hall–Kier alpha value is -1.53. The molecule has 0 aliphatic carbocycles. The van der Waals surface area contributed by atoms with Crippen LogP contribution in [0.3, 0.4) is 0 Å².